The highest BCUT2D eigenvalue weighted by Crippen LogP contribution is 2.54. The molecule has 5 heterocycles. The number of aromatic hydroxyl groups is 1. The van der Waals surface area contributed by atoms with Crippen molar-refractivity contribution in [2.45, 2.75) is 64.0 Å². The summed E-state index contributed by atoms with van der Waals surface area (Å²) in [5.41, 5.74) is -0.919. The van der Waals surface area contributed by atoms with Gasteiger partial charge in [-0.05, 0) is 97.9 Å². The van der Waals surface area contributed by atoms with E-state index in [1.54, 1.807) is 13.0 Å². The maximum absolute atomic E-state index is 17.4. The van der Waals surface area contributed by atoms with E-state index in [1.807, 2.05) is 11.8 Å². The number of aryl methyl sites for hydroxylation is 1. The molecular weight excluding hydrogens is 696 g/mol. The lowest BCUT2D eigenvalue weighted by molar-refractivity contribution is -0.0123. The van der Waals surface area contributed by atoms with Gasteiger partial charge in [0.2, 0.25) is 5.88 Å². The summed E-state index contributed by atoms with van der Waals surface area (Å²) in [5.74, 6) is 1.14. The van der Waals surface area contributed by atoms with E-state index in [0.717, 1.165) is 58.4 Å². The van der Waals surface area contributed by atoms with Crippen molar-refractivity contribution in [1.29, 1.82) is 0 Å². The molecule has 5 fully saturated rings. The third-order valence-electron chi connectivity index (χ3n) is 12.9. The number of hydrogen-bond donors (Lipinski definition) is 2. The normalized spacial score (nSPS) is 29.7. The Morgan fingerprint density at radius 3 is 2.63 bits per heavy atom. The Morgan fingerprint density at radius 2 is 1.83 bits per heavy atom. The van der Waals surface area contributed by atoms with Crippen molar-refractivity contribution in [3.63, 3.8) is 0 Å². The van der Waals surface area contributed by atoms with E-state index in [1.165, 1.54) is 25.3 Å². The van der Waals surface area contributed by atoms with Gasteiger partial charge >= 0.3 is 6.01 Å². The zero-order valence-electron chi connectivity index (χ0n) is 31.2. The minimum atomic E-state index is -1.22. The average molecular weight is 746 g/mol. The van der Waals surface area contributed by atoms with E-state index in [4.69, 9.17) is 28.9 Å². The molecule has 0 radical (unpaired) electrons. The number of fused-ring (bicyclic) bond motifs is 4. The number of anilines is 1. The Balaban J connectivity index is 1.15. The van der Waals surface area contributed by atoms with E-state index in [-0.39, 0.29) is 58.4 Å². The number of piperidine rings is 1. The van der Waals surface area contributed by atoms with Crippen LogP contribution in [0.5, 0.6) is 17.6 Å². The van der Waals surface area contributed by atoms with Crippen molar-refractivity contribution in [2.75, 3.05) is 71.2 Å². The van der Waals surface area contributed by atoms with Crippen molar-refractivity contribution in [2.24, 2.45) is 23.2 Å². The minimum absolute atomic E-state index is 0.0208. The molecule has 2 saturated carbocycles. The molecule has 5 unspecified atom stereocenters. The number of hydrogen-bond acceptors (Lipinski definition) is 11. The highest BCUT2D eigenvalue weighted by Gasteiger charge is 2.56. The topological polar surface area (TPSA) is 123 Å². The second-order valence-electron chi connectivity index (χ2n) is 16.5. The largest absolute Gasteiger partial charge is 0.508 e. The lowest BCUT2D eigenvalue weighted by Crippen LogP contribution is -2.52. The summed E-state index contributed by atoms with van der Waals surface area (Å²) in [6.07, 6.45) is 5.75. The number of methoxy groups -OCH3 is 1. The van der Waals surface area contributed by atoms with Gasteiger partial charge in [0.15, 0.2) is 5.82 Å². The zero-order chi connectivity index (χ0) is 37.4. The fourth-order valence-corrected chi connectivity index (χ4v) is 10.3. The monoisotopic (exact) mass is 745 g/mol. The Labute approximate surface area is 313 Å². The van der Waals surface area contributed by atoms with Gasteiger partial charge in [-0.1, -0.05) is 19.4 Å². The molecule has 54 heavy (non-hydrogen) atoms. The Hall–Kier alpha value is -3.91. The van der Waals surface area contributed by atoms with Crippen LogP contribution in [0, 0.1) is 34.8 Å². The number of aliphatic hydroxyl groups is 1. The van der Waals surface area contributed by atoms with Crippen LogP contribution in [0.1, 0.15) is 51.5 Å². The quantitative estimate of drug-likeness (QED) is 0.213. The van der Waals surface area contributed by atoms with Crippen LogP contribution in [-0.2, 0) is 15.9 Å². The highest BCUT2D eigenvalue weighted by atomic mass is 19.1. The van der Waals surface area contributed by atoms with Gasteiger partial charge in [-0.3, -0.25) is 4.90 Å². The van der Waals surface area contributed by atoms with Gasteiger partial charge in [0.1, 0.15) is 39.6 Å². The van der Waals surface area contributed by atoms with Crippen LogP contribution in [0.2, 0.25) is 0 Å². The van der Waals surface area contributed by atoms with E-state index in [0.29, 0.717) is 72.1 Å². The Bertz CT molecular complexity index is 2090. The van der Waals surface area contributed by atoms with Crippen molar-refractivity contribution in [3.05, 3.63) is 41.5 Å². The molecule has 13 heteroatoms. The van der Waals surface area contributed by atoms with E-state index in [2.05, 4.69) is 9.88 Å². The summed E-state index contributed by atoms with van der Waals surface area (Å²) in [7, 11) is 1.44. The number of rotatable bonds is 9. The molecular formula is C41H49F2N5O6. The number of pyridine rings is 1. The number of benzene rings is 2. The lowest BCUT2D eigenvalue weighted by atomic mass is 9.75. The standard InChI is InChI=1S/C41H49F2N5O6/c1-4-25-30(42)9-8-23-15-24(49)16-26(32(23)25)35-34(43)36-33(38(44-35)51-3)37(48-13-14-52-21-40(2,50)20-48)46-39(45-36)54-22-41-10-5-7-31(41)47(12-6-11-41)17-27-28-18-53-19-29(27)28/h8-9,15-16,27-29,31,49-50H,4-7,10-14,17-22H2,1-3H3. The summed E-state index contributed by atoms with van der Waals surface area (Å²) in [6.45, 7) is 8.83. The van der Waals surface area contributed by atoms with E-state index < -0.39 is 17.2 Å². The first kappa shape index (κ1) is 35.8. The minimum Gasteiger partial charge on any atom is -0.508 e. The number of halogens is 2. The first-order chi connectivity index (χ1) is 26.1. The molecule has 2 N–H and O–H groups in total. The maximum atomic E-state index is 17.4. The summed E-state index contributed by atoms with van der Waals surface area (Å²) in [4.78, 5) is 18.9. The molecule has 2 aliphatic carbocycles. The second kappa shape index (κ2) is 13.7. The second-order valence-corrected chi connectivity index (χ2v) is 16.5. The van der Waals surface area contributed by atoms with Crippen LogP contribution >= 0.6 is 0 Å². The molecule has 5 aliphatic rings. The van der Waals surface area contributed by atoms with Crippen LogP contribution in [0.25, 0.3) is 32.9 Å². The van der Waals surface area contributed by atoms with Gasteiger partial charge in [-0.15, -0.1) is 0 Å². The molecule has 0 bridgehead atoms. The molecule has 9 rings (SSSR count). The molecule has 11 nitrogen and oxygen atoms in total. The van der Waals surface area contributed by atoms with E-state index in [9.17, 15) is 10.2 Å². The van der Waals surface area contributed by atoms with Crippen LogP contribution in [0.4, 0.5) is 14.6 Å². The van der Waals surface area contributed by atoms with Gasteiger partial charge < -0.3 is 34.1 Å². The van der Waals surface area contributed by atoms with Gasteiger partial charge in [0.05, 0.1) is 46.7 Å². The third kappa shape index (κ3) is 6.11. The van der Waals surface area contributed by atoms with Crippen LogP contribution in [0.15, 0.2) is 24.3 Å². The molecule has 5 atom stereocenters. The first-order valence-electron chi connectivity index (χ1n) is 19.5. The van der Waals surface area contributed by atoms with Crippen LogP contribution < -0.4 is 14.4 Å². The third-order valence-corrected chi connectivity index (χ3v) is 12.9. The predicted molar refractivity (Wildman–Crippen MR) is 199 cm³/mol. The van der Waals surface area contributed by atoms with Crippen molar-refractivity contribution >= 4 is 27.5 Å². The zero-order valence-corrected chi connectivity index (χ0v) is 31.2. The molecule has 3 aliphatic heterocycles. The molecule has 4 aromatic rings. The maximum Gasteiger partial charge on any atom is 0.319 e. The molecule has 2 aromatic carbocycles. The number of β-amino-alcohol motifs (C(OH)–C–C–N with tert-alkyl or cyclic N) is 1. The summed E-state index contributed by atoms with van der Waals surface area (Å²) < 4.78 is 56.4. The smallest absolute Gasteiger partial charge is 0.319 e. The van der Waals surface area contributed by atoms with Gasteiger partial charge in [0, 0.05) is 30.1 Å². The van der Waals surface area contributed by atoms with Crippen molar-refractivity contribution in [1.82, 2.24) is 19.9 Å². The molecule has 0 amide bonds. The predicted octanol–water partition coefficient (Wildman–Crippen LogP) is 5.89. The fraction of sp³-hybridized carbons (Fsp3) is 0.585. The fourth-order valence-electron chi connectivity index (χ4n) is 10.3. The molecule has 0 spiro atoms. The number of ether oxygens (including phenoxy) is 4. The number of nitrogens with zero attached hydrogens (tertiary/aromatic N) is 5. The van der Waals surface area contributed by atoms with Gasteiger partial charge in [0.25, 0.3) is 0 Å². The number of phenolic OH excluding ortho intramolecular Hbond substituents is 1. The highest BCUT2D eigenvalue weighted by molar-refractivity contribution is 6.03. The summed E-state index contributed by atoms with van der Waals surface area (Å²) in [5, 5.41) is 23.2. The number of likely N-dealkylation sites (tertiary alicyclic amines) is 1. The average Bonchev–Trinajstić information content (AvgIpc) is 3.44. The lowest BCUT2D eigenvalue weighted by Gasteiger charge is -2.46. The number of phenols is 1. The molecule has 288 valence electrons. The summed E-state index contributed by atoms with van der Waals surface area (Å²) >= 11 is 0. The van der Waals surface area contributed by atoms with Gasteiger partial charge in [-0.2, -0.15) is 9.97 Å². The van der Waals surface area contributed by atoms with Crippen LogP contribution in [-0.4, -0.2) is 108 Å². The Kier molecular flexibility index (Phi) is 9.06. The Morgan fingerprint density at radius 1 is 1.02 bits per heavy atom. The van der Waals surface area contributed by atoms with Gasteiger partial charge in [-0.25, -0.2) is 13.8 Å². The molecule has 2 aromatic heterocycles. The first-order valence-corrected chi connectivity index (χ1v) is 19.5. The van der Waals surface area contributed by atoms with Crippen molar-refractivity contribution < 1.29 is 37.9 Å². The van der Waals surface area contributed by atoms with Crippen LogP contribution in [0.3, 0.4) is 0 Å². The number of aromatic nitrogens is 3. The van der Waals surface area contributed by atoms with Crippen molar-refractivity contribution in [3.8, 4) is 28.9 Å². The van der Waals surface area contributed by atoms with E-state index >= 15 is 8.78 Å². The summed E-state index contributed by atoms with van der Waals surface area (Å²) in [6, 6.07) is 6.26. The molecule has 3 saturated heterocycles. The SMILES string of the molecule is CCc1c(F)ccc2cc(O)cc(-c3nc(OC)c4c(N5CCOCC(C)(O)C5)nc(OCC56CCCC5N(CC5C7COCC75)CCC6)nc4c3F)c12.